The number of nitrogens with two attached hydrogens (primary N) is 2. The smallest absolute Gasteiger partial charge is 0.399 e. The van der Waals surface area contributed by atoms with E-state index in [1.165, 1.54) is 18.2 Å². The highest BCUT2D eigenvalue weighted by Crippen LogP contribution is 2.26. The van der Waals surface area contributed by atoms with Gasteiger partial charge in [0.05, 0.1) is 0 Å². The van der Waals surface area contributed by atoms with Crippen molar-refractivity contribution in [2.75, 3.05) is 11.5 Å². The molecule has 0 aromatic heterocycles. The quantitative estimate of drug-likeness (QED) is 0.471. The summed E-state index contributed by atoms with van der Waals surface area (Å²) in [5.41, 5.74) is 11.6. The Morgan fingerprint density at radius 2 is 1.75 bits per heavy atom. The third kappa shape index (κ3) is 2.38. The average molecular weight is 187 g/mol. The van der Waals surface area contributed by atoms with Gasteiger partial charge in [0.2, 0.25) is 0 Å². The fraction of sp³-hybridized carbons (Fsp3) is 0. The molecular weight excluding hydrogens is 179 g/mol. The Bertz CT molecular complexity index is 295. The van der Waals surface area contributed by atoms with Crippen LogP contribution in [0.4, 0.5) is 11.4 Å². The molecule has 0 spiro atoms. The van der Waals surface area contributed by atoms with Gasteiger partial charge in [-0.15, -0.1) is 4.89 Å². The highest BCUT2D eigenvalue weighted by molar-refractivity contribution is 7.32. The Kier molecular flexibility index (Phi) is 2.47. The van der Waals surface area contributed by atoms with Crippen LogP contribution in [0.15, 0.2) is 18.2 Å². The van der Waals surface area contributed by atoms with Gasteiger partial charge in [0.25, 0.3) is 0 Å². The summed E-state index contributed by atoms with van der Waals surface area (Å²) in [6, 6.07) is 4.36. The van der Waals surface area contributed by atoms with Gasteiger partial charge in [-0.3, -0.25) is 0 Å². The largest absolute Gasteiger partial charge is 0.747 e. The zero-order valence-electron chi connectivity index (χ0n) is 6.10. The minimum atomic E-state index is -2.66. The van der Waals surface area contributed by atoms with E-state index in [1.54, 1.807) is 0 Å². The SMILES string of the molecule is Nc1cc(N)cc(O[P+](=O)O)c1. The van der Waals surface area contributed by atoms with E-state index in [4.69, 9.17) is 16.4 Å². The van der Waals surface area contributed by atoms with Crippen LogP contribution in [0.2, 0.25) is 0 Å². The third-order valence-electron chi connectivity index (χ3n) is 1.13. The molecule has 6 heteroatoms. The zero-order valence-corrected chi connectivity index (χ0v) is 6.99. The molecule has 5 N–H and O–H groups in total. The van der Waals surface area contributed by atoms with E-state index in [9.17, 15) is 4.57 Å². The summed E-state index contributed by atoms with van der Waals surface area (Å²) in [5, 5.41) is 0. The number of hydrogen-bond donors (Lipinski definition) is 3. The van der Waals surface area contributed by atoms with E-state index in [0.717, 1.165) is 0 Å². The number of nitrogen functional groups attached to an aromatic ring is 2. The van der Waals surface area contributed by atoms with Crippen LogP contribution in [0.25, 0.3) is 0 Å². The van der Waals surface area contributed by atoms with E-state index < -0.39 is 8.25 Å². The van der Waals surface area contributed by atoms with Gasteiger partial charge in [-0.1, -0.05) is 0 Å². The number of anilines is 2. The van der Waals surface area contributed by atoms with Gasteiger partial charge in [0.1, 0.15) is 0 Å². The molecule has 1 rings (SSSR count). The number of rotatable bonds is 2. The van der Waals surface area contributed by atoms with Crippen LogP contribution in [0.1, 0.15) is 0 Å². The normalized spacial score (nSPS) is 10.9. The van der Waals surface area contributed by atoms with Crippen molar-refractivity contribution in [3.8, 4) is 5.75 Å². The lowest BCUT2D eigenvalue weighted by molar-refractivity contribution is 0.411. The molecule has 0 saturated heterocycles. The highest BCUT2D eigenvalue weighted by atomic mass is 31.1. The fourth-order valence-electron chi connectivity index (χ4n) is 0.789. The average Bonchev–Trinajstić information content (AvgIpc) is 1.81. The number of hydrogen-bond acceptors (Lipinski definition) is 4. The van der Waals surface area contributed by atoms with E-state index in [1.807, 2.05) is 0 Å². The lowest BCUT2D eigenvalue weighted by atomic mass is 10.3. The van der Waals surface area contributed by atoms with Crippen molar-refractivity contribution in [1.82, 2.24) is 0 Å². The van der Waals surface area contributed by atoms with Gasteiger partial charge in [-0.05, 0) is 6.07 Å². The van der Waals surface area contributed by atoms with E-state index in [-0.39, 0.29) is 5.75 Å². The number of benzene rings is 1. The van der Waals surface area contributed by atoms with Gasteiger partial charge >= 0.3 is 8.25 Å². The predicted octanol–water partition coefficient (Wildman–Crippen LogP) is 0.879. The molecule has 1 aromatic rings. The second-order valence-corrected chi connectivity index (χ2v) is 2.82. The molecule has 1 unspecified atom stereocenters. The molecule has 0 aliphatic carbocycles. The van der Waals surface area contributed by atoms with Crippen LogP contribution in [-0.4, -0.2) is 4.89 Å². The van der Waals surface area contributed by atoms with Crippen molar-refractivity contribution >= 4 is 19.6 Å². The molecule has 1 atom stereocenters. The lowest BCUT2D eigenvalue weighted by Gasteiger charge is -1.96. The fourth-order valence-corrected chi connectivity index (χ4v) is 1.07. The van der Waals surface area contributed by atoms with Gasteiger partial charge in [-0.2, -0.15) is 0 Å². The summed E-state index contributed by atoms with van der Waals surface area (Å²) in [7, 11) is -2.66. The van der Waals surface area contributed by atoms with Crippen LogP contribution in [0.3, 0.4) is 0 Å². The molecule has 5 nitrogen and oxygen atoms in total. The Morgan fingerprint density at radius 1 is 1.25 bits per heavy atom. The van der Waals surface area contributed by atoms with Crippen molar-refractivity contribution in [2.45, 2.75) is 0 Å². The van der Waals surface area contributed by atoms with Crippen LogP contribution in [-0.2, 0) is 4.57 Å². The molecular formula is C6H8N2O3P+. The van der Waals surface area contributed by atoms with Gasteiger partial charge in [-0.25, -0.2) is 4.52 Å². The first-order valence-corrected chi connectivity index (χ1v) is 4.21. The molecule has 0 heterocycles. The highest BCUT2D eigenvalue weighted by Gasteiger charge is 2.14. The minimum Gasteiger partial charge on any atom is -0.399 e. The monoisotopic (exact) mass is 187 g/mol. The summed E-state index contributed by atoms with van der Waals surface area (Å²) < 4.78 is 14.7. The molecule has 12 heavy (non-hydrogen) atoms. The Hall–Kier alpha value is -1.32. The molecule has 0 aliphatic rings. The summed E-state index contributed by atoms with van der Waals surface area (Å²) in [4.78, 5) is 8.39. The first kappa shape index (κ1) is 8.77. The summed E-state index contributed by atoms with van der Waals surface area (Å²) in [6.45, 7) is 0. The van der Waals surface area contributed by atoms with E-state index in [2.05, 4.69) is 4.52 Å². The first-order chi connectivity index (χ1) is 5.58. The van der Waals surface area contributed by atoms with Crippen molar-refractivity contribution in [2.24, 2.45) is 0 Å². The van der Waals surface area contributed by atoms with Crippen molar-refractivity contribution in [3.05, 3.63) is 18.2 Å². The van der Waals surface area contributed by atoms with Crippen molar-refractivity contribution in [1.29, 1.82) is 0 Å². The van der Waals surface area contributed by atoms with E-state index in [0.29, 0.717) is 11.4 Å². The maximum absolute atomic E-state index is 10.2. The van der Waals surface area contributed by atoms with Gasteiger partial charge in [0, 0.05) is 28.1 Å². The molecule has 0 aliphatic heterocycles. The summed E-state index contributed by atoms with van der Waals surface area (Å²) in [5.74, 6) is 0.191. The van der Waals surface area contributed by atoms with Gasteiger partial charge < -0.3 is 11.5 Å². The molecule has 1 aromatic carbocycles. The van der Waals surface area contributed by atoms with E-state index >= 15 is 0 Å². The van der Waals surface area contributed by atoms with Crippen LogP contribution >= 0.6 is 8.25 Å². The maximum Gasteiger partial charge on any atom is 0.747 e. The third-order valence-corrected chi connectivity index (χ3v) is 1.50. The Morgan fingerprint density at radius 3 is 2.17 bits per heavy atom. The Balaban J connectivity index is 2.93. The second kappa shape index (κ2) is 3.38. The van der Waals surface area contributed by atoms with Crippen molar-refractivity contribution in [3.63, 3.8) is 0 Å². The molecule has 0 amide bonds. The standard InChI is InChI=1S/C6H7N2O3P/c7-4-1-5(8)3-6(2-4)11-12(9)10/h1-3H,7-8H2/p+1. The zero-order chi connectivity index (χ0) is 9.14. The predicted molar refractivity (Wildman–Crippen MR) is 45.7 cm³/mol. The molecule has 0 fully saturated rings. The lowest BCUT2D eigenvalue weighted by Crippen LogP contribution is -1.91. The first-order valence-electron chi connectivity index (χ1n) is 3.08. The molecule has 64 valence electrons. The second-order valence-electron chi connectivity index (χ2n) is 2.16. The summed E-state index contributed by atoms with van der Waals surface area (Å²) >= 11 is 0. The Labute approximate surface area is 69.9 Å². The molecule has 0 radical (unpaired) electrons. The summed E-state index contributed by atoms with van der Waals surface area (Å²) in [6.07, 6.45) is 0. The molecule has 0 saturated carbocycles. The maximum atomic E-state index is 10.2. The minimum absolute atomic E-state index is 0.191. The van der Waals surface area contributed by atoms with Gasteiger partial charge in [0.15, 0.2) is 5.75 Å². The van der Waals surface area contributed by atoms with Crippen LogP contribution in [0.5, 0.6) is 5.75 Å². The molecule has 0 bridgehead atoms. The van der Waals surface area contributed by atoms with Crippen LogP contribution in [0, 0.1) is 0 Å². The van der Waals surface area contributed by atoms with Crippen molar-refractivity contribution < 1.29 is 14.0 Å². The topological polar surface area (TPSA) is 98.6 Å². The van der Waals surface area contributed by atoms with Crippen LogP contribution < -0.4 is 16.0 Å².